The van der Waals surface area contributed by atoms with E-state index in [4.69, 9.17) is 9.72 Å². The molecule has 2 N–H and O–H groups in total. The third-order valence-electron chi connectivity index (χ3n) is 8.22. The number of likely N-dealkylation sites (tertiary alicyclic amines) is 1. The number of hydrogen-bond acceptors (Lipinski definition) is 5. The number of rotatable bonds is 4. The molecule has 3 fully saturated rings. The summed E-state index contributed by atoms with van der Waals surface area (Å²) in [6, 6.07) is 9.98. The first kappa shape index (κ1) is 19.1. The first-order valence-corrected chi connectivity index (χ1v) is 12.2. The fourth-order valence-corrected chi connectivity index (χ4v) is 6.33. The minimum absolute atomic E-state index is 0.233. The molecule has 3 aromatic rings. The largest absolute Gasteiger partial charge is 0.381 e. The number of benzene rings is 1. The molecule has 0 bridgehead atoms. The highest BCUT2D eigenvalue weighted by atomic mass is 16.5. The smallest absolute Gasteiger partial charge is 0.143 e. The number of aromatic amines is 1. The first-order valence-electron chi connectivity index (χ1n) is 12.2. The molecule has 0 amide bonds. The minimum atomic E-state index is 0.233. The van der Waals surface area contributed by atoms with E-state index in [1.165, 1.54) is 41.6 Å². The topological polar surface area (TPSA) is 66.1 Å². The van der Waals surface area contributed by atoms with Gasteiger partial charge in [0, 0.05) is 36.7 Å². The molecule has 2 aromatic heterocycles. The fraction of sp³-hybridized carbons (Fsp3) is 0.538. The number of nitrogens with zero attached hydrogens (tertiary/aromatic N) is 3. The maximum absolute atomic E-state index is 5.75. The van der Waals surface area contributed by atoms with Crippen LogP contribution in [0.4, 0.5) is 5.82 Å². The van der Waals surface area contributed by atoms with Crippen LogP contribution in [0.5, 0.6) is 0 Å². The molecule has 4 atom stereocenters. The lowest BCUT2D eigenvalue weighted by atomic mass is 9.82. The monoisotopic (exact) mass is 429 g/mol. The Balaban J connectivity index is 1.26. The summed E-state index contributed by atoms with van der Waals surface area (Å²) in [5, 5.41) is 5.04. The standard InChI is InChI=1S/C26H31N5O/c1-15-2-6-20-17(8-15)5-7-23(31-10-18-12-32-13-19(18)11-31)24(20)30-26-21-9-22(16-3-4-16)29-25(21)27-14-28-26/h2,6,8-9,14,16,18-19,23-24H,3-5,7,10-13H2,1H3,(H2,27,28,29,30)/t18-,19+,23-,24-/m1/s1. The molecule has 166 valence electrons. The number of hydrogen-bond donors (Lipinski definition) is 2. The lowest BCUT2D eigenvalue weighted by molar-refractivity contribution is 0.127. The SMILES string of the molecule is Cc1ccc2c(c1)CC[C@@H](N1C[C@H]3COC[C@H]3C1)[C@@H]2Nc1ncnc2[nH]c(C3CC3)cc12. The van der Waals surface area contributed by atoms with Gasteiger partial charge in [0.25, 0.3) is 0 Å². The Bertz CT molecular complexity index is 1160. The highest BCUT2D eigenvalue weighted by molar-refractivity contribution is 5.88. The molecule has 7 rings (SSSR count). The number of aromatic nitrogens is 3. The second-order valence-corrected chi connectivity index (χ2v) is 10.4. The summed E-state index contributed by atoms with van der Waals surface area (Å²) in [4.78, 5) is 15.5. The summed E-state index contributed by atoms with van der Waals surface area (Å²) in [6.45, 7) is 6.38. The van der Waals surface area contributed by atoms with Crippen LogP contribution in [0.2, 0.25) is 0 Å². The Morgan fingerprint density at radius 2 is 1.91 bits per heavy atom. The Hall–Kier alpha value is -2.44. The molecule has 1 saturated carbocycles. The summed E-state index contributed by atoms with van der Waals surface area (Å²) in [7, 11) is 0. The van der Waals surface area contributed by atoms with Crippen molar-refractivity contribution in [2.45, 2.75) is 50.6 Å². The van der Waals surface area contributed by atoms with Crippen molar-refractivity contribution in [2.24, 2.45) is 11.8 Å². The van der Waals surface area contributed by atoms with Crippen LogP contribution in [0.25, 0.3) is 11.0 Å². The van der Waals surface area contributed by atoms with Crippen molar-refractivity contribution in [1.82, 2.24) is 19.9 Å². The molecule has 32 heavy (non-hydrogen) atoms. The summed E-state index contributed by atoms with van der Waals surface area (Å²) >= 11 is 0. The van der Waals surface area contributed by atoms with Crippen LogP contribution in [-0.4, -0.2) is 52.2 Å². The minimum Gasteiger partial charge on any atom is -0.381 e. The molecular formula is C26H31N5O. The maximum Gasteiger partial charge on any atom is 0.143 e. The molecule has 0 spiro atoms. The summed E-state index contributed by atoms with van der Waals surface area (Å²) in [5.74, 6) is 3.04. The van der Waals surface area contributed by atoms with Crippen LogP contribution < -0.4 is 5.32 Å². The van der Waals surface area contributed by atoms with E-state index in [0.29, 0.717) is 23.8 Å². The van der Waals surface area contributed by atoms with Crippen molar-refractivity contribution in [3.8, 4) is 0 Å². The number of fused-ring (bicyclic) bond motifs is 3. The van der Waals surface area contributed by atoms with Gasteiger partial charge >= 0.3 is 0 Å². The molecule has 2 saturated heterocycles. The van der Waals surface area contributed by atoms with Crippen molar-refractivity contribution >= 4 is 16.9 Å². The lowest BCUT2D eigenvalue weighted by Gasteiger charge is -2.40. The van der Waals surface area contributed by atoms with E-state index >= 15 is 0 Å². The Labute approximate surface area is 188 Å². The van der Waals surface area contributed by atoms with Crippen LogP contribution in [0.3, 0.4) is 0 Å². The summed E-state index contributed by atoms with van der Waals surface area (Å²) in [6.07, 6.45) is 6.59. The number of anilines is 1. The molecular weight excluding hydrogens is 398 g/mol. The van der Waals surface area contributed by atoms with Gasteiger partial charge in [-0.25, -0.2) is 9.97 Å². The van der Waals surface area contributed by atoms with Gasteiger partial charge in [-0.1, -0.05) is 23.8 Å². The average Bonchev–Trinajstić information content (AvgIpc) is 3.20. The number of aryl methyl sites for hydroxylation is 2. The normalized spacial score (nSPS) is 29.9. The van der Waals surface area contributed by atoms with Crippen molar-refractivity contribution in [1.29, 1.82) is 0 Å². The molecule has 4 aliphatic rings. The molecule has 1 aromatic carbocycles. The predicted octanol–water partition coefficient (Wildman–Crippen LogP) is 4.19. The van der Waals surface area contributed by atoms with Crippen LogP contribution in [-0.2, 0) is 11.2 Å². The molecule has 4 heterocycles. The van der Waals surface area contributed by atoms with Crippen LogP contribution >= 0.6 is 0 Å². The first-order chi connectivity index (χ1) is 15.7. The predicted molar refractivity (Wildman–Crippen MR) is 125 cm³/mol. The summed E-state index contributed by atoms with van der Waals surface area (Å²) in [5.41, 5.74) is 6.53. The third kappa shape index (κ3) is 3.15. The average molecular weight is 430 g/mol. The van der Waals surface area contributed by atoms with Crippen molar-refractivity contribution in [3.05, 3.63) is 53.0 Å². The van der Waals surface area contributed by atoms with E-state index in [-0.39, 0.29) is 6.04 Å². The van der Waals surface area contributed by atoms with Crippen molar-refractivity contribution in [3.63, 3.8) is 0 Å². The van der Waals surface area contributed by atoms with Gasteiger partial charge in [-0.3, -0.25) is 4.90 Å². The zero-order chi connectivity index (χ0) is 21.2. The Kier molecular flexibility index (Phi) is 4.34. The lowest BCUT2D eigenvalue weighted by Crippen LogP contribution is -2.44. The van der Waals surface area contributed by atoms with Crippen molar-refractivity contribution < 1.29 is 4.74 Å². The van der Waals surface area contributed by atoms with E-state index in [1.807, 2.05) is 0 Å². The van der Waals surface area contributed by atoms with E-state index in [9.17, 15) is 0 Å². The Morgan fingerprint density at radius 3 is 2.72 bits per heavy atom. The van der Waals surface area contributed by atoms with Crippen LogP contribution in [0.1, 0.15) is 53.6 Å². The molecule has 6 nitrogen and oxygen atoms in total. The number of H-pyrrole nitrogens is 1. The zero-order valence-electron chi connectivity index (χ0n) is 18.7. The zero-order valence-corrected chi connectivity index (χ0v) is 18.7. The van der Waals surface area contributed by atoms with Gasteiger partial charge in [-0.05, 0) is 55.7 Å². The highest BCUT2D eigenvalue weighted by Gasteiger charge is 2.43. The second kappa shape index (κ2) is 7.29. The highest BCUT2D eigenvalue weighted by Crippen LogP contribution is 2.43. The molecule has 6 heteroatoms. The Morgan fingerprint density at radius 1 is 1.06 bits per heavy atom. The molecule has 0 radical (unpaired) electrons. The summed E-state index contributed by atoms with van der Waals surface area (Å²) < 4.78 is 5.75. The van der Waals surface area contributed by atoms with Crippen LogP contribution in [0.15, 0.2) is 30.6 Å². The van der Waals surface area contributed by atoms with E-state index in [1.54, 1.807) is 6.33 Å². The van der Waals surface area contributed by atoms with E-state index < -0.39 is 0 Å². The third-order valence-corrected chi connectivity index (χ3v) is 8.22. The number of ether oxygens (including phenoxy) is 1. The van der Waals surface area contributed by atoms with Gasteiger partial charge in [-0.15, -0.1) is 0 Å². The van der Waals surface area contributed by atoms with Gasteiger partial charge < -0.3 is 15.0 Å². The quantitative estimate of drug-likeness (QED) is 0.651. The van der Waals surface area contributed by atoms with Crippen molar-refractivity contribution in [2.75, 3.05) is 31.6 Å². The van der Waals surface area contributed by atoms with E-state index in [2.05, 4.69) is 51.4 Å². The van der Waals surface area contributed by atoms with Gasteiger partial charge in [0.2, 0.25) is 0 Å². The van der Waals surface area contributed by atoms with Gasteiger partial charge in [0.15, 0.2) is 0 Å². The van der Waals surface area contributed by atoms with Gasteiger partial charge in [0.1, 0.15) is 17.8 Å². The van der Waals surface area contributed by atoms with Gasteiger partial charge in [-0.2, -0.15) is 0 Å². The second-order valence-electron chi connectivity index (χ2n) is 10.4. The van der Waals surface area contributed by atoms with Crippen LogP contribution in [0, 0.1) is 18.8 Å². The molecule has 0 unspecified atom stereocenters. The maximum atomic E-state index is 5.75. The molecule has 2 aliphatic carbocycles. The van der Waals surface area contributed by atoms with E-state index in [0.717, 1.165) is 49.6 Å². The molecule has 2 aliphatic heterocycles. The van der Waals surface area contributed by atoms with Gasteiger partial charge in [0.05, 0.1) is 24.6 Å². The fourth-order valence-electron chi connectivity index (χ4n) is 6.33. The number of nitrogens with one attached hydrogen (secondary N) is 2.